The van der Waals surface area contributed by atoms with E-state index in [2.05, 4.69) is 25.0 Å². The van der Waals surface area contributed by atoms with E-state index in [0.717, 1.165) is 12.6 Å². The molecule has 0 saturated heterocycles. The summed E-state index contributed by atoms with van der Waals surface area (Å²) in [5.41, 5.74) is 0. The quantitative estimate of drug-likeness (QED) is 0.356. The fraction of sp³-hybridized carbons (Fsp3) is 0.833. The second-order valence-electron chi connectivity index (χ2n) is 3.34. The minimum absolute atomic E-state index is 0.791. The van der Waals surface area contributed by atoms with Gasteiger partial charge < -0.3 is 5.32 Å². The van der Waals surface area contributed by atoms with Gasteiger partial charge in [-0.3, -0.25) is 4.79 Å². The van der Waals surface area contributed by atoms with Gasteiger partial charge in [0.05, 0.1) is 0 Å². The average molecular weight is 144 g/mol. The lowest BCUT2D eigenvalue weighted by Crippen LogP contribution is -2.26. The van der Waals surface area contributed by atoms with Crippen LogP contribution in [-0.4, -0.2) is 21.0 Å². The third kappa shape index (κ3) is 7.69. The molecule has 0 bridgehead atoms. The molecule has 0 saturated carbocycles. The van der Waals surface area contributed by atoms with Crippen LogP contribution in [0.3, 0.4) is 0 Å². The Balaban J connectivity index is 3.17. The molecule has 0 heterocycles. The van der Waals surface area contributed by atoms with E-state index in [1.165, 1.54) is 0 Å². The highest BCUT2D eigenvalue weighted by molar-refractivity contribution is 6.76. The van der Waals surface area contributed by atoms with Crippen LogP contribution in [0.1, 0.15) is 0 Å². The highest BCUT2D eigenvalue weighted by Crippen LogP contribution is 2.05. The van der Waals surface area contributed by atoms with E-state index in [-0.39, 0.29) is 0 Å². The molecular weight excluding hydrogens is 130 g/mol. The molecule has 3 heteroatoms. The Bertz CT molecular complexity index is 87.5. The summed E-state index contributed by atoms with van der Waals surface area (Å²) in [7, 11) is -0.936. The third-order valence-corrected chi connectivity index (χ3v) is 2.82. The van der Waals surface area contributed by atoms with Crippen LogP contribution in [0.25, 0.3) is 0 Å². The molecule has 0 aromatic heterocycles. The number of rotatable bonds is 4. The average Bonchev–Trinajstić information content (AvgIpc) is 1.63. The van der Waals surface area contributed by atoms with Crippen molar-refractivity contribution in [1.82, 2.24) is 5.32 Å². The number of nitrogens with one attached hydrogen (secondary N) is 1. The van der Waals surface area contributed by atoms with Gasteiger partial charge in [-0.05, 0) is 6.04 Å². The Labute approximate surface area is 57.7 Å². The third-order valence-electron chi connectivity index (χ3n) is 1.07. The molecule has 0 unspecified atom stereocenters. The molecule has 0 atom stereocenters. The monoisotopic (exact) mass is 144 g/mol. The summed E-state index contributed by atoms with van der Waals surface area (Å²) < 4.78 is 0. The molecule has 1 radical (unpaired) electrons. The van der Waals surface area contributed by atoms with Crippen molar-refractivity contribution in [3.63, 3.8) is 0 Å². The van der Waals surface area contributed by atoms with Crippen molar-refractivity contribution >= 4 is 14.5 Å². The molecule has 0 fully saturated rings. The molecule has 2 nitrogen and oxygen atoms in total. The maximum atomic E-state index is 9.67. The number of hydrogen-bond acceptors (Lipinski definition) is 1. The molecule has 0 aliphatic heterocycles. The van der Waals surface area contributed by atoms with Crippen LogP contribution in [0, 0.1) is 0 Å². The molecule has 0 rings (SSSR count). The lowest BCUT2D eigenvalue weighted by Gasteiger charge is -2.13. The first-order chi connectivity index (χ1) is 4.06. The Morgan fingerprint density at radius 1 is 1.44 bits per heavy atom. The predicted molar refractivity (Wildman–Crippen MR) is 41.8 cm³/mol. The molecule has 0 aliphatic carbocycles. The standard InChI is InChI=1S/C6H14NOSi/c1-9(2,3)5-4-7-6-8/h4-5H2,1-3H3,(H,7,8). The summed E-state index contributed by atoms with van der Waals surface area (Å²) in [6, 6.07) is 1.14. The fourth-order valence-corrected chi connectivity index (χ4v) is 1.36. The molecule has 1 N–H and O–H groups in total. The SMILES string of the molecule is C[Si](C)(C)CCN[C]=O. The maximum absolute atomic E-state index is 9.67. The lowest BCUT2D eigenvalue weighted by atomic mass is 10.8. The number of amides is 1. The number of carbonyl (C=O) groups excluding carboxylic acids is 1. The second-order valence-corrected chi connectivity index (χ2v) is 8.96. The first-order valence-electron chi connectivity index (χ1n) is 3.16. The van der Waals surface area contributed by atoms with E-state index < -0.39 is 8.07 Å². The van der Waals surface area contributed by atoms with Gasteiger partial charge in [-0.25, -0.2) is 0 Å². The Kier molecular flexibility index (Phi) is 3.54. The summed E-state index contributed by atoms with van der Waals surface area (Å²) in [6.45, 7) is 7.62. The zero-order valence-corrected chi connectivity index (χ0v) is 7.32. The van der Waals surface area contributed by atoms with Crippen molar-refractivity contribution < 1.29 is 4.79 Å². The first-order valence-corrected chi connectivity index (χ1v) is 6.87. The molecular formula is C6H14NOSi. The first kappa shape index (κ1) is 8.69. The second kappa shape index (κ2) is 3.66. The smallest absolute Gasteiger partial charge is 0.309 e. The van der Waals surface area contributed by atoms with Crippen LogP contribution < -0.4 is 5.32 Å². The molecule has 0 aromatic rings. The van der Waals surface area contributed by atoms with Crippen LogP contribution in [0.15, 0.2) is 0 Å². The van der Waals surface area contributed by atoms with Gasteiger partial charge >= 0.3 is 6.41 Å². The molecule has 0 aliphatic rings. The summed E-state index contributed by atoms with van der Waals surface area (Å²) in [4.78, 5) is 9.67. The van der Waals surface area contributed by atoms with Gasteiger partial charge in [0.2, 0.25) is 0 Å². The Morgan fingerprint density at radius 3 is 2.33 bits per heavy atom. The van der Waals surface area contributed by atoms with E-state index in [0.29, 0.717) is 0 Å². The lowest BCUT2D eigenvalue weighted by molar-refractivity contribution is 0.544. The van der Waals surface area contributed by atoms with Crippen LogP contribution in [0.2, 0.25) is 25.7 Å². The zero-order chi connectivity index (χ0) is 7.33. The van der Waals surface area contributed by atoms with E-state index in [9.17, 15) is 4.79 Å². The normalized spacial score (nSPS) is 11.0. The minimum Gasteiger partial charge on any atom is -0.348 e. The number of hydrogen-bond donors (Lipinski definition) is 1. The highest BCUT2D eigenvalue weighted by Gasteiger charge is 2.10. The van der Waals surface area contributed by atoms with E-state index in [1.807, 2.05) is 0 Å². The van der Waals surface area contributed by atoms with Crippen molar-refractivity contribution in [1.29, 1.82) is 0 Å². The van der Waals surface area contributed by atoms with Gasteiger partial charge in [-0.2, -0.15) is 0 Å². The highest BCUT2D eigenvalue weighted by atomic mass is 28.3. The van der Waals surface area contributed by atoms with Crippen molar-refractivity contribution in [2.24, 2.45) is 0 Å². The molecule has 0 aromatic carbocycles. The van der Waals surface area contributed by atoms with Gasteiger partial charge in [0.1, 0.15) is 0 Å². The summed E-state index contributed by atoms with van der Waals surface area (Å²) in [5, 5.41) is 2.53. The molecule has 53 valence electrons. The van der Waals surface area contributed by atoms with Crippen LogP contribution in [0.4, 0.5) is 0 Å². The van der Waals surface area contributed by atoms with E-state index >= 15 is 0 Å². The molecule has 1 amide bonds. The zero-order valence-electron chi connectivity index (χ0n) is 6.32. The predicted octanol–water partition coefficient (Wildman–Crippen LogP) is 0.981. The van der Waals surface area contributed by atoms with Gasteiger partial charge in [-0.1, -0.05) is 19.6 Å². The molecule has 0 spiro atoms. The largest absolute Gasteiger partial charge is 0.348 e. The Morgan fingerprint density at radius 2 is 2.00 bits per heavy atom. The van der Waals surface area contributed by atoms with Crippen LogP contribution in [-0.2, 0) is 4.79 Å². The van der Waals surface area contributed by atoms with Crippen LogP contribution in [0.5, 0.6) is 0 Å². The van der Waals surface area contributed by atoms with Crippen molar-refractivity contribution in [2.45, 2.75) is 25.7 Å². The van der Waals surface area contributed by atoms with Gasteiger partial charge in [0.25, 0.3) is 0 Å². The van der Waals surface area contributed by atoms with Crippen molar-refractivity contribution in [3.8, 4) is 0 Å². The maximum Gasteiger partial charge on any atom is 0.309 e. The van der Waals surface area contributed by atoms with E-state index in [1.54, 1.807) is 6.41 Å². The van der Waals surface area contributed by atoms with Crippen LogP contribution >= 0.6 is 0 Å². The fourth-order valence-electron chi connectivity index (χ4n) is 0.489. The minimum atomic E-state index is -0.936. The topological polar surface area (TPSA) is 29.1 Å². The van der Waals surface area contributed by atoms with Gasteiger partial charge in [-0.15, -0.1) is 0 Å². The van der Waals surface area contributed by atoms with E-state index in [4.69, 9.17) is 0 Å². The summed E-state index contributed by atoms with van der Waals surface area (Å²) >= 11 is 0. The van der Waals surface area contributed by atoms with Crippen molar-refractivity contribution in [2.75, 3.05) is 6.54 Å². The summed E-state index contributed by atoms with van der Waals surface area (Å²) in [5.74, 6) is 0. The van der Waals surface area contributed by atoms with Gasteiger partial charge in [0, 0.05) is 14.6 Å². The Hall–Kier alpha value is -0.313. The van der Waals surface area contributed by atoms with Crippen molar-refractivity contribution in [3.05, 3.63) is 0 Å². The summed E-state index contributed by atoms with van der Waals surface area (Å²) in [6.07, 6.45) is 1.66. The van der Waals surface area contributed by atoms with Gasteiger partial charge in [0.15, 0.2) is 0 Å². The molecule has 9 heavy (non-hydrogen) atoms.